The Labute approximate surface area is 109 Å². The van der Waals surface area contributed by atoms with Gasteiger partial charge < -0.3 is 10.3 Å². The van der Waals surface area contributed by atoms with E-state index in [0.29, 0.717) is 5.92 Å². The minimum absolute atomic E-state index is 0.0169. The lowest BCUT2D eigenvalue weighted by Crippen LogP contribution is -2.19. The first-order chi connectivity index (χ1) is 8.72. The third-order valence-corrected chi connectivity index (χ3v) is 3.48. The van der Waals surface area contributed by atoms with Crippen molar-refractivity contribution >= 4 is 0 Å². The second kappa shape index (κ2) is 5.83. The summed E-state index contributed by atoms with van der Waals surface area (Å²) >= 11 is 0. The van der Waals surface area contributed by atoms with E-state index in [1.165, 1.54) is 11.3 Å². The van der Waals surface area contributed by atoms with Gasteiger partial charge in [0, 0.05) is 24.5 Å². The minimum Gasteiger partial charge on any atom is -0.332 e. The summed E-state index contributed by atoms with van der Waals surface area (Å²) in [6, 6.07) is 10.2. The molecule has 0 fully saturated rings. The fourth-order valence-electron chi connectivity index (χ4n) is 2.12. The Morgan fingerprint density at radius 1 is 1.28 bits per heavy atom. The molecule has 2 aromatic rings. The number of benzene rings is 1. The van der Waals surface area contributed by atoms with Crippen LogP contribution >= 0.6 is 0 Å². The maximum atomic E-state index is 6.25. The van der Waals surface area contributed by atoms with Crippen LogP contribution in [-0.4, -0.2) is 9.55 Å². The lowest BCUT2D eigenvalue weighted by atomic mass is 10.0. The quantitative estimate of drug-likeness (QED) is 0.877. The van der Waals surface area contributed by atoms with E-state index in [9.17, 15) is 0 Å². The number of nitrogens with two attached hydrogens (primary N) is 1. The van der Waals surface area contributed by atoms with Crippen LogP contribution in [0.4, 0.5) is 0 Å². The van der Waals surface area contributed by atoms with Crippen LogP contribution < -0.4 is 5.73 Å². The van der Waals surface area contributed by atoms with Gasteiger partial charge in [-0.3, -0.25) is 0 Å². The molecular weight excluding hydrogens is 222 g/mol. The van der Waals surface area contributed by atoms with Gasteiger partial charge in [-0.1, -0.05) is 44.2 Å². The molecule has 2 rings (SSSR count). The summed E-state index contributed by atoms with van der Waals surface area (Å²) in [4.78, 5) is 4.25. The molecule has 0 aliphatic carbocycles. The highest BCUT2D eigenvalue weighted by Gasteiger charge is 2.12. The van der Waals surface area contributed by atoms with E-state index in [-0.39, 0.29) is 6.04 Å². The topological polar surface area (TPSA) is 43.8 Å². The van der Waals surface area contributed by atoms with Crippen LogP contribution in [0, 0.1) is 0 Å². The number of hydrogen-bond acceptors (Lipinski definition) is 2. The van der Waals surface area contributed by atoms with Crippen molar-refractivity contribution in [3.8, 4) is 0 Å². The Bertz CT molecular complexity index is 475. The van der Waals surface area contributed by atoms with E-state index in [1.807, 2.05) is 30.7 Å². The third-order valence-electron chi connectivity index (χ3n) is 3.48. The first-order valence-electron chi connectivity index (χ1n) is 6.53. The molecule has 0 saturated heterocycles. The fourth-order valence-corrected chi connectivity index (χ4v) is 2.12. The number of imidazole rings is 1. The Hall–Kier alpha value is -1.61. The summed E-state index contributed by atoms with van der Waals surface area (Å²) < 4.78 is 2.17. The molecule has 96 valence electrons. The summed E-state index contributed by atoms with van der Waals surface area (Å²) in [6.45, 7) is 5.20. The molecule has 0 aliphatic rings. The predicted molar refractivity (Wildman–Crippen MR) is 74.3 cm³/mol. The molecular formula is C15H21N3. The molecule has 3 nitrogen and oxygen atoms in total. The zero-order valence-corrected chi connectivity index (χ0v) is 11.1. The van der Waals surface area contributed by atoms with Crippen LogP contribution in [0.15, 0.2) is 42.9 Å². The van der Waals surface area contributed by atoms with E-state index in [0.717, 1.165) is 13.0 Å². The zero-order chi connectivity index (χ0) is 13.0. The second-order valence-electron chi connectivity index (χ2n) is 4.80. The standard InChI is InChI=1S/C15H21N3/c1-3-12(2)15-9-17-11-18(15)10-14(16)13-7-5-4-6-8-13/h4-9,11-12,14H,3,10,16H2,1-2H3. The molecule has 2 atom stereocenters. The van der Waals surface area contributed by atoms with Crippen LogP contribution in [0.3, 0.4) is 0 Å². The lowest BCUT2D eigenvalue weighted by molar-refractivity contribution is 0.537. The van der Waals surface area contributed by atoms with Crippen LogP contribution in [0.5, 0.6) is 0 Å². The van der Waals surface area contributed by atoms with Crippen molar-refractivity contribution in [3.05, 3.63) is 54.1 Å². The highest BCUT2D eigenvalue weighted by Crippen LogP contribution is 2.20. The molecule has 3 heteroatoms. The van der Waals surface area contributed by atoms with Crippen LogP contribution in [0.25, 0.3) is 0 Å². The van der Waals surface area contributed by atoms with Crippen LogP contribution in [0.1, 0.15) is 43.5 Å². The normalized spacial score (nSPS) is 14.4. The maximum absolute atomic E-state index is 6.25. The third kappa shape index (κ3) is 2.79. The van der Waals surface area contributed by atoms with Crippen LogP contribution in [0.2, 0.25) is 0 Å². The summed E-state index contributed by atoms with van der Waals surface area (Å²) in [5.41, 5.74) is 8.68. The minimum atomic E-state index is 0.0169. The highest BCUT2D eigenvalue weighted by molar-refractivity contribution is 5.18. The zero-order valence-electron chi connectivity index (χ0n) is 11.1. The van der Waals surface area contributed by atoms with E-state index in [2.05, 4.69) is 35.5 Å². The molecule has 18 heavy (non-hydrogen) atoms. The van der Waals surface area contributed by atoms with E-state index < -0.39 is 0 Å². The van der Waals surface area contributed by atoms with Gasteiger partial charge in [0.05, 0.1) is 6.33 Å². The van der Waals surface area contributed by atoms with E-state index >= 15 is 0 Å². The van der Waals surface area contributed by atoms with Gasteiger partial charge in [0.25, 0.3) is 0 Å². The molecule has 1 aromatic heterocycles. The van der Waals surface area contributed by atoms with Gasteiger partial charge in [0.15, 0.2) is 0 Å². The molecule has 0 amide bonds. The summed E-state index contributed by atoms with van der Waals surface area (Å²) in [5.74, 6) is 0.524. The van der Waals surface area contributed by atoms with Crippen molar-refractivity contribution in [2.75, 3.05) is 0 Å². The molecule has 0 spiro atoms. The van der Waals surface area contributed by atoms with Gasteiger partial charge in [0.1, 0.15) is 0 Å². The van der Waals surface area contributed by atoms with Crippen molar-refractivity contribution in [3.63, 3.8) is 0 Å². The molecule has 2 N–H and O–H groups in total. The van der Waals surface area contributed by atoms with Gasteiger partial charge in [-0.2, -0.15) is 0 Å². The maximum Gasteiger partial charge on any atom is 0.0948 e. The number of rotatable bonds is 5. The average molecular weight is 243 g/mol. The largest absolute Gasteiger partial charge is 0.332 e. The molecule has 1 aromatic carbocycles. The summed E-state index contributed by atoms with van der Waals surface area (Å²) in [7, 11) is 0. The molecule has 1 heterocycles. The predicted octanol–water partition coefficient (Wildman–Crippen LogP) is 3.10. The Balaban J connectivity index is 2.12. The molecule has 0 aliphatic heterocycles. The van der Waals surface area contributed by atoms with Gasteiger partial charge in [-0.15, -0.1) is 0 Å². The average Bonchev–Trinajstić information content (AvgIpc) is 2.87. The molecule has 0 radical (unpaired) electrons. The lowest BCUT2D eigenvalue weighted by Gasteiger charge is -2.17. The first kappa shape index (κ1) is 12.8. The molecule has 2 unspecified atom stereocenters. The Morgan fingerprint density at radius 2 is 2.00 bits per heavy atom. The van der Waals surface area contributed by atoms with Crippen molar-refractivity contribution < 1.29 is 0 Å². The van der Waals surface area contributed by atoms with E-state index in [4.69, 9.17) is 5.73 Å². The van der Waals surface area contributed by atoms with Crippen molar-refractivity contribution in [1.82, 2.24) is 9.55 Å². The number of aromatic nitrogens is 2. The van der Waals surface area contributed by atoms with Gasteiger partial charge in [-0.05, 0) is 17.9 Å². The van der Waals surface area contributed by atoms with Crippen molar-refractivity contribution in [2.45, 2.75) is 38.8 Å². The molecule has 0 bridgehead atoms. The van der Waals surface area contributed by atoms with Gasteiger partial charge >= 0.3 is 0 Å². The summed E-state index contributed by atoms with van der Waals surface area (Å²) in [5, 5.41) is 0. The van der Waals surface area contributed by atoms with Crippen molar-refractivity contribution in [2.24, 2.45) is 5.73 Å². The fraction of sp³-hybridized carbons (Fsp3) is 0.400. The second-order valence-corrected chi connectivity index (χ2v) is 4.80. The number of hydrogen-bond donors (Lipinski definition) is 1. The summed E-state index contributed by atoms with van der Waals surface area (Å²) in [6.07, 6.45) is 4.95. The highest BCUT2D eigenvalue weighted by atomic mass is 15.1. The molecule has 0 saturated carbocycles. The Kier molecular flexibility index (Phi) is 4.15. The van der Waals surface area contributed by atoms with Crippen molar-refractivity contribution in [1.29, 1.82) is 0 Å². The SMILES string of the molecule is CCC(C)c1cncn1CC(N)c1ccccc1. The van der Waals surface area contributed by atoms with Crippen LogP contribution in [-0.2, 0) is 6.54 Å². The van der Waals surface area contributed by atoms with Gasteiger partial charge in [0.2, 0.25) is 0 Å². The van der Waals surface area contributed by atoms with Gasteiger partial charge in [-0.25, -0.2) is 4.98 Å². The number of nitrogens with zero attached hydrogens (tertiary/aromatic N) is 2. The van der Waals surface area contributed by atoms with E-state index in [1.54, 1.807) is 0 Å². The monoisotopic (exact) mass is 243 g/mol. The Morgan fingerprint density at radius 3 is 2.67 bits per heavy atom. The first-order valence-corrected chi connectivity index (χ1v) is 6.53. The smallest absolute Gasteiger partial charge is 0.0948 e.